The third-order valence-corrected chi connectivity index (χ3v) is 3.12. The summed E-state index contributed by atoms with van der Waals surface area (Å²) in [6.45, 7) is 10.5. The molecule has 0 bridgehead atoms. The first kappa shape index (κ1) is 22.5. The second-order valence-electron chi connectivity index (χ2n) is 8.14. The minimum absolute atomic E-state index is 0.0305. The molecule has 1 aromatic rings. The SMILES string of the molecule is CC(C)(C)OC(=O)NN(CCCC(=O)c1ccccc1)C(=O)OC(C)(C)C. The van der Waals surface area contributed by atoms with E-state index in [1.807, 2.05) is 6.07 Å². The highest BCUT2D eigenvalue weighted by atomic mass is 16.6. The molecule has 0 aliphatic heterocycles. The van der Waals surface area contributed by atoms with E-state index in [1.165, 1.54) is 0 Å². The quantitative estimate of drug-likeness (QED) is 0.609. The number of carbonyl (C=O) groups is 3. The van der Waals surface area contributed by atoms with Crippen LogP contribution in [0.5, 0.6) is 0 Å². The van der Waals surface area contributed by atoms with Crippen LogP contribution in [-0.2, 0) is 9.47 Å². The zero-order valence-corrected chi connectivity index (χ0v) is 17.0. The van der Waals surface area contributed by atoms with Crippen molar-refractivity contribution in [1.29, 1.82) is 0 Å². The molecule has 0 radical (unpaired) electrons. The standard InChI is InChI=1S/C20H30N2O5/c1-19(2,3)26-17(24)21-22(18(25)27-20(4,5)6)14-10-13-16(23)15-11-8-7-9-12-15/h7-9,11-12H,10,13-14H2,1-6H3,(H,21,24). The molecule has 1 N–H and O–H groups in total. The molecule has 0 fully saturated rings. The Morgan fingerprint density at radius 3 is 2.00 bits per heavy atom. The molecule has 0 aliphatic carbocycles. The molecule has 0 spiro atoms. The van der Waals surface area contributed by atoms with Gasteiger partial charge in [0.15, 0.2) is 5.78 Å². The molecule has 0 aromatic heterocycles. The van der Waals surface area contributed by atoms with Gasteiger partial charge in [0.05, 0.1) is 0 Å². The van der Waals surface area contributed by atoms with Crippen LogP contribution in [0.15, 0.2) is 30.3 Å². The summed E-state index contributed by atoms with van der Waals surface area (Å²) >= 11 is 0. The van der Waals surface area contributed by atoms with E-state index in [4.69, 9.17) is 9.47 Å². The number of nitrogens with zero attached hydrogens (tertiary/aromatic N) is 1. The van der Waals surface area contributed by atoms with Crippen molar-refractivity contribution in [3.63, 3.8) is 0 Å². The van der Waals surface area contributed by atoms with E-state index in [0.29, 0.717) is 12.0 Å². The fourth-order valence-electron chi connectivity index (χ4n) is 2.09. The summed E-state index contributed by atoms with van der Waals surface area (Å²) in [6, 6.07) is 8.92. The van der Waals surface area contributed by atoms with Gasteiger partial charge in [0.25, 0.3) is 0 Å². The number of nitrogens with one attached hydrogen (secondary N) is 1. The van der Waals surface area contributed by atoms with Gasteiger partial charge in [0.2, 0.25) is 0 Å². The summed E-state index contributed by atoms with van der Waals surface area (Å²) in [5, 5.41) is 1.04. The Hall–Kier alpha value is -2.57. The Kier molecular flexibility index (Phi) is 7.82. The van der Waals surface area contributed by atoms with Crippen molar-refractivity contribution in [2.24, 2.45) is 0 Å². The predicted molar refractivity (Wildman–Crippen MR) is 102 cm³/mol. The van der Waals surface area contributed by atoms with Crippen molar-refractivity contribution in [2.45, 2.75) is 65.6 Å². The summed E-state index contributed by atoms with van der Waals surface area (Å²) in [5.41, 5.74) is 1.59. The first-order chi connectivity index (χ1) is 12.4. The monoisotopic (exact) mass is 378 g/mol. The number of amides is 2. The molecule has 0 unspecified atom stereocenters. The first-order valence-corrected chi connectivity index (χ1v) is 8.96. The van der Waals surface area contributed by atoms with Gasteiger partial charge in [-0.2, -0.15) is 0 Å². The van der Waals surface area contributed by atoms with Gasteiger partial charge >= 0.3 is 12.2 Å². The molecule has 2 amide bonds. The number of rotatable bonds is 5. The highest BCUT2D eigenvalue weighted by Gasteiger charge is 2.25. The van der Waals surface area contributed by atoms with Crippen LogP contribution < -0.4 is 5.43 Å². The van der Waals surface area contributed by atoms with Gasteiger partial charge in [-0.15, -0.1) is 0 Å². The third-order valence-electron chi connectivity index (χ3n) is 3.12. The summed E-state index contributed by atoms with van der Waals surface area (Å²) < 4.78 is 10.5. The molecular formula is C20H30N2O5. The minimum Gasteiger partial charge on any atom is -0.443 e. The number of benzene rings is 1. The van der Waals surface area contributed by atoms with Crippen molar-refractivity contribution in [3.05, 3.63) is 35.9 Å². The van der Waals surface area contributed by atoms with E-state index in [-0.39, 0.29) is 18.7 Å². The van der Waals surface area contributed by atoms with Gasteiger partial charge in [0.1, 0.15) is 11.2 Å². The molecule has 7 nitrogen and oxygen atoms in total. The Morgan fingerprint density at radius 2 is 1.48 bits per heavy atom. The Morgan fingerprint density at radius 1 is 0.926 bits per heavy atom. The Balaban J connectivity index is 2.68. The summed E-state index contributed by atoms with van der Waals surface area (Å²) in [6.07, 6.45) is -0.870. The smallest absolute Gasteiger partial charge is 0.429 e. The van der Waals surface area contributed by atoms with E-state index >= 15 is 0 Å². The van der Waals surface area contributed by atoms with Crippen molar-refractivity contribution >= 4 is 18.0 Å². The molecule has 27 heavy (non-hydrogen) atoms. The second-order valence-corrected chi connectivity index (χ2v) is 8.14. The van der Waals surface area contributed by atoms with E-state index in [2.05, 4.69) is 5.43 Å². The number of carbonyl (C=O) groups excluding carboxylic acids is 3. The molecule has 0 saturated heterocycles. The van der Waals surface area contributed by atoms with Crippen molar-refractivity contribution in [2.75, 3.05) is 6.54 Å². The fraction of sp³-hybridized carbons (Fsp3) is 0.550. The normalized spacial score (nSPS) is 11.5. The van der Waals surface area contributed by atoms with Gasteiger partial charge in [-0.1, -0.05) is 30.3 Å². The molecule has 7 heteroatoms. The predicted octanol–water partition coefficient (Wildman–Crippen LogP) is 4.33. The maximum absolute atomic E-state index is 12.4. The van der Waals surface area contributed by atoms with Crippen LogP contribution >= 0.6 is 0 Å². The van der Waals surface area contributed by atoms with Crippen LogP contribution in [0.2, 0.25) is 0 Å². The van der Waals surface area contributed by atoms with E-state index in [1.54, 1.807) is 65.8 Å². The molecule has 1 aromatic carbocycles. The lowest BCUT2D eigenvalue weighted by Crippen LogP contribution is -2.50. The van der Waals surface area contributed by atoms with Crippen LogP contribution in [0.4, 0.5) is 9.59 Å². The Labute approximate surface area is 161 Å². The average Bonchev–Trinajstić information content (AvgIpc) is 2.51. The van der Waals surface area contributed by atoms with Crippen LogP contribution in [0.1, 0.15) is 64.7 Å². The minimum atomic E-state index is -0.761. The van der Waals surface area contributed by atoms with Gasteiger partial charge in [-0.05, 0) is 48.0 Å². The van der Waals surface area contributed by atoms with Gasteiger partial charge in [0, 0.05) is 18.5 Å². The number of Topliss-reactive ketones (excluding diaryl/α,β-unsaturated/α-hetero) is 1. The molecule has 0 saturated carbocycles. The van der Waals surface area contributed by atoms with E-state index < -0.39 is 23.4 Å². The molecular weight excluding hydrogens is 348 g/mol. The number of ketones is 1. The van der Waals surface area contributed by atoms with E-state index in [9.17, 15) is 14.4 Å². The molecule has 1 rings (SSSR count). The third kappa shape index (κ3) is 9.63. The summed E-state index contributed by atoms with van der Waals surface area (Å²) in [5.74, 6) is -0.0305. The van der Waals surface area contributed by atoms with Gasteiger partial charge in [-0.25, -0.2) is 20.0 Å². The maximum Gasteiger partial charge on any atom is 0.429 e. The maximum atomic E-state index is 12.4. The second kappa shape index (κ2) is 9.39. The Bertz CT molecular complexity index is 645. The van der Waals surface area contributed by atoms with Crippen molar-refractivity contribution in [3.8, 4) is 0 Å². The lowest BCUT2D eigenvalue weighted by Gasteiger charge is -2.28. The lowest BCUT2D eigenvalue weighted by atomic mass is 10.1. The van der Waals surface area contributed by atoms with Crippen LogP contribution in [0.25, 0.3) is 0 Å². The first-order valence-electron chi connectivity index (χ1n) is 8.96. The van der Waals surface area contributed by atoms with Gasteiger partial charge in [-0.3, -0.25) is 4.79 Å². The zero-order chi connectivity index (χ0) is 20.7. The molecule has 0 atom stereocenters. The number of ether oxygens (including phenoxy) is 2. The lowest BCUT2D eigenvalue weighted by molar-refractivity contribution is 0.00108. The van der Waals surface area contributed by atoms with E-state index in [0.717, 1.165) is 5.01 Å². The number of hydrogen-bond acceptors (Lipinski definition) is 5. The number of hydrogen-bond donors (Lipinski definition) is 1. The van der Waals surface area contributed by atoms with Crippen molar-refractivity contribution < 1.29 is 23.9 Å². The average molecular weight is 378 g/mol. The van der Waals surface area contributed by atoms with Crippen molar-refractivity contribution in [1.82, 2.24) is 10.4 Å². The topological polar surface area (TPSA) is 84.9 Å². The largest absolute Gasteiger partial charge is 0.443 e. The van der Waals surface area contributed by atoms with Crippen LogP contribution in [0.3, 0.4) is 0 Å². The molecule has 0 aliphatic rings. The molecule has 0 heterocycles. The van der Waals surface area contributed by atoms with Crippen LogP contribution in [0, 0.1) is 0 Å². The summed E-state index contributed by atoms with van der Waals surface area (Å²) in [7, 11) is 0. The zero-order valence-electron chi connectivity index (χ0n) is 17.0. The van der Waals surface area contributed by atoms with Crippen LogP contribution in [-0.4, -0.2) is 40.7 Å². The van der Waals surface area contributed by atoms with Gasteiger partial charge < -0.3 is 9.47 Å². The molecule has 150 valence electrons. The number of hydrazine groups is 1. The fourth-order valence-corrected chi connectivity index (χ4v) is 2.09. The summed E-state index contributed by atoms with van der Waals surface area (Å²) in [4.78, 5) is 36.6. The highest BCUT2D eigenvalue weighted by molar-refractivity contribution is 5.95. The highest BCUT2D eigenvalue weighted by Crippen LogP contribution is 2.12.